The molecule has 0 aromatic heterocycles. The second kappa shape index (κ2) is 10.3. The molecule has 8 nitrogen and oxygen atoms in total. The summed E-state index contributed by atoms with van der Waals surface area (Å²) in [6.07, 6.45) is 0. The lowest BCUT2D eigenvalue weighted by Crippen LogP contribution is -2.35. The highest BCUT2D eigenvalue weighted by atomic mass is 32.2. The van der Waals surface area contributed by atoms with Gasteiger partial charge in [-0.25, -0.2) is 13.2 Å². The van der Waals surface area contributed by atoms with Gasteiger partial charge in [-0.05, 0) is 55.0 Å². The van der Waals surface area contributed by atoms with Crippen molar-refractivity contribution in [3.8, 4) is 11.5 Å². The highest BCUT2D eigenvalue weighted by Crippen LogP contribution is 2.27. The fourth-order valence-corrected chi connectivity index (χ4v) is 4.49. The normalized spacial score (nSPS) is 11.2. The summed E-state index contributed by atoms with van der Waals surface area (Å²) in [5, 5.41) is 9.37. The standard InChI is InChI=1S/C24H23NO7S/c1-17-8-11-21(12-9-17)33(29,30)25(16-23(26)27)15-18-14-20(10-13-22(18)24(28)31-2)32-19-6-4-3-5-7-19/h3-14H,15-16H2,1-2H3,(H,26,27). The average molecular weight is 470 g/mol. The summed E-state index contributed by atoms with van der Waals surface area (Å²) in [7, 11) is -2.97. The molecule has 0 amide bonds. The minimum atomic E-state index is -4.17. The summed E-state index contributed by atoms with van der Waals surface area (Å²) < 4.78 is 37.9. The quantitative estimate of drug-likeness (QED) is 0.474. The van der Waals surface area contributed by atoms with Crippen LogP contribution in [-0.2, 0) is 26.1 Å². The van der Waals surface area contributed by atoms with Crippen molar-refractivity contribution in [3.63, 3.8) is 0 Å². The van der Waals surface area contributed by atoms with Gasteiger partial charge >= 0.3 is 11.9 Å². The van der Waals surface area contributed by atoms with Gasteiger partial charge in [0, 0.05) is 6.54 Å². The predicted octanol–water partition coefficient (Wildman–Crippen LogP) is 3.85. The van der Waals surface area contributed by atoms with Gasteiger partial charge in [-0.1, -0.05) is 35.9 Å². The van der Waals surface area contributed by atoms with E-state index in [1.54, 1.807) is 42.5 Å². The first kappa shape index (κ1) is 24.0. The van der Waals surface area contributed by atoms with Crippen LogP contribution < -0.4 is 4.74 Å². The third kappa shape index (κ3) is 5.97. The van der Waals surface area contributed by atoms with Gasteiger partial charge in [0.2, 0.25) is 10.0 Å². The molecule has 0 aliphatic rings. The minimum Gasteiger partial charge on any atom is -0.480 e. The van der Waals surface area contributed by atoms with Crippen LogP contribution >= 0.6 is 0 Å². The molecule has 0 saturated carbocycles. The Morgan fingerprint density at radius 2 is 1.61 bits per heavy atom. The number of nitrogens with zero attached hydrogens (tertiary/aromatic N) is 1. The first-order valence-electron chi connectivity index (χ1n) is 9.93. The van der Waals surface area contributed by atoms with Crippen LogP contribution in [0.3, 0.4) is 0 Å². The summed E-state index contributed by atoms with van der Waals surface area (Å²) in [5.41, 5.74) is 1.21. The van der Waals surface area contributed by atoms with Crippen LogP contribution in [0, 0.1) is 6.92 Å². The lowest BCUT2D eigenvalue weighted by Gasteiger charge is -2.22. The number of benzene rings is 3. The first-order chi connectivity index (χ1) is 15.7. The molecule has 0 unspecified atom stereocenters. The molecule has 0 aliphatic heterocycles. The van der Waals surface area contributed by atoms with E-state index in [1.165, 1.54) is 31.4 Å². The van der Waals surface area contributed by atoms with Crippen LogP contribution in [0.1, 0.15) is 21.5 Å². The van der Waals surface area contributed by atoms with Crippen molar-refractivity contribution in [1.29, 1.82) is 0 Å². The SMILES string of the molecule is COC(=O)c1ccc(Oc2ccccc2)cc1CN(CC(=O)O)S(=O)(=O)c1ccc(C)cc1. The fourth-order valence-electron chi connectivity index (χ4n) is 3.12. The molecule has 0 radical (unpaired) electrons. The second-order valence-corrected chi connectivity index (χ2v) is 9.14. The number of esters is 1. The number of hydrogen-bond acceptors (Lipinski definition) is 6. The van der Waals surface area contributed by atoms with Crippen LogP contribution in [0.4, 0.5) is 0 Å². The van der Waals surface area contributed by atoms with Gasteiger partial charge < -0.3 is 14.6 Å². The highest BCUT2D eigenvalue weighted by Gasteiger charge is 2.28. The summed E-state index contributed by atoms with van der Waals surface area (Å²) in [5.74, 6) is -1.11. The summed E-state index contributed by atoms with van der Waals surface area (Å²) in [6.45, 7) is 0.645. The third-order valence-corrected chi connectivity index (χ3v) is 6.58. The maximum atomic E-state index is 13.2. The zero-order valence-corrected chi connectivity index (χ0v) is 18.9. The number of hydrogen-bond donors (Lipinski definition) is 1. The number of ether oxygens (including phenoxy) is 2. The number of methoxy groups -OCH3 is 1. The number of carbonyl (C=O) groups is 2. The lowest BCUT2D eigenvalue weighted by atomic mass is 10.1. The number of sulfonamides is 1. The van der Waals surface area contributed by atoms with Gasteiger partial charge in [-0.2, -0.15) is 4.31 Å². The van der Waals surface area contributed by atoms with Crippen molar-refractivity contribution in [1.82, 2.24) is 4.31 Å². The monoisotopic (exact) mass is 469 g/mol. The number of carbonyl (C=O) groups excluding carboxylic acids is 1. The molecule has 0 heterocycles. The van der Waals surface area contributed by atoms with E-state index in [4.69, 9.17) is 9.47 Å². The predicted molar refractivity (Wildman–Crippen MR) is 121 cm³/mol. The Morgan fingerprint density at radius 3 is 2.21 bits per heavy atom. The van der Waals surface area contributed by atoms with Crippen molar-refractivity contribution in [2.24, 2.45) is 0 Å². The number of carboxylic acid groups (broad SMARTS) is 1. The van der Waals surface area contributed by atoms with Gasteiger partial charge in [0.25, 0.3) is 0 Å². The molecule has 0 bridgehead atoms. The van der Waals surface area contributed by atoms with Crippen molar-refractivity contribution >= 4 is 22.0 Å². The zero-order chi connectivity index (χ0) is 24.0. The van der Waals surface area contributed by atoms with Gasteiger partial charge in [-0.15, -0.1) is 0 Å². The third-order valence-electron chi connectivity index (χ3n) is 4.78. The largest absolute Gasteiger partial charge is 0.480 e. The van der Waals surface area contributed by atoms with E-state index in [0.717, 1.165) is 9.87 Å². The minimum absolute atomic E-state index is 0.0503. The molecule has 0 saturated heterocycles. The molecule has 3 aromatic carbocycles. The van der Waals surface area contributed by atoms with Crippen LogP contribution in [-0.4, -0.2) is 43.4 Å². The van der Waals surface area contributed by atoms with Crippen LogP contribution in [0.2, 0.25) is 0 Å². The second-order valence-electron chi connectivity index (χ2n) is 7.21. The van der Waals surface area contributed by atoms with Crippen LogP contribution in [0.25, 0.3) is 0 Å². The summed E-state index contributed by atoms with van der Waals surface area (Å²) in [6, 6.07) is 19.5. The molecule has 0 fully saturated rings. The summed E-state index contributed by atoms with van der Waals surface area (Å²) >= 11 is 0. The molecule has 0 spiro atoms. The molecule has 3 aromatic rings. The van der Waals surface area contributed by atoms with E-state index in [2.05, 4.69) is 0 Å². The Kier molecular flexibility index (Phi) is 7.47. The topological polar surface area (TPSA) is 110 Å². The number of carboxylic acids is 1. The molecule has 0 atom stereocenters. The number of aryl methyl sites for hydroxylation is 1. The van der Waals surface area contributed by atoms with Crippen LogP contribution in [0.15, 0.2) is 77.7 Å². The van der Waals surface area contributed by atoms with Crippen molar-refractivity contribution in [2.45, 2.75) is 18.4 Å². The van der Waals surface area contributed by atoms with Crippen LogP contribution in [0.5, 0.6) is 11.5 Å². The molecule has 0 aliphatic carbocycles. The van der Waals surface area contributed by atoms with Gasteiger partial charge in [0.05, 0.1) is 17.6 Å². The van der Waals surface area contributed by atoms with Gasteiger partial charge in [0.1, 0.15) is 18.0 Å². The maximum absolute atomic E-state index is 13.2. The number of aliphatic carboxylic acids is 1. The first-order valence-corrected chi connectivity index (χ1v) is 11.4. The lowest BCUT2D eigenvalue weighted by molar-refractivity contribution is -0.137. The molecule has 33 heavy (non-hydrogen) atoms. The fraction of sp³-hybridized carbons (Fsp3) is 0.167. The molecular formula is C24H23NO7S. The van der Waals surface area contributed by atoms with Crippen molar-refractivity contribution < 1.29 is 32.6 Å². The number of para-hydroxylation sites is 1. The molecule has 1 N–H and O–H groups in total. The molecule has 172 valence electrons. The Bertz CT molecular complexity index is 1240. The van der Waals surface area contributed by atoms with E-state index in [1.807, 2.05) is 13.0 Å². The van der Waals surface area contributed by atoms with Crippen molar-refractivity contribution in [3.05, 3.63) is 89.5 Å². The van der Waals surface area contributed by atoms with E-state index in [9.17, 15) is 23.1 Å². The number of rotatable bonds is 9. The highest BCUT2D eigenvalue weighted by molar-refractivity contribution is 7.89. The van der Waals surface area contributed by atoms with E-state index < -0.39 is 28.5 Å². The smallest absolute Gasteiger partial charge is 0.338 e. The van der Waals surface area contributed by atoms with Gasteiger partial charge in [0.15, 0.2) is 0 Å². The van der Waals surface area contributed by atoms with Crippen molar-refractivity contribution in [2.75, 3.05) is 13.7 Å². The maximum Gasteiger partial charge on any atom is 0.338 e. The Labute approximate surface area is 192 Å². The van der Waals surface area contributed by atoms with E-state index >= 15 is 0 Å². The molecule has 9 heteroatoms. The van der Waals surface area contributed by atoms with E-state index in [0.29, 0.717) is 11.5 Å². The average Bonchev–Trinajstić information content (AvgIpc) is 2.79. The van der Waals surface area contributed by atoms with Gasteiger partial charge in [-0.3, -0.25) is 4.79 Å². The summed E-state index contributed by atoms with van der Waals surface area (Å²) in [4.78, 5) is 23.8. The zero-order valence-electron chi connectivity index (χ0n) is 18.1. The molecule has 3 rings (SSSR count). The van der Waals surface area contributed by atoms with E-state index in [-0.39, 0.29) is 22.6 Å². The molecular weight excluding hydrogens is 446 g/mol. The Morgan fingerprint density at radius 1 is 0.939 bits per heavy atom. The Hall–Kier alpha value is -3.69. The Balaban J connectivity index is 2.02.